The van der Waals surface area contributed by atoms with Gasteiger partial charge in [-0.3, -0.25) is 24.3 Å². The van der Waals surface area contributed by atoms with E-state index in [1.54, 1.807) is 72.9 Å². The second-order valence-electron chi connectivity index (χ2n) is 6.42. The van der Waals surface area contributed by atoms with Crippen molar-refractivity contribution >= 4 is 34.8 Å². The summed E-state index contributed by atoms with van der Waals surface area (Å²) >= 11 is 6.39. The minimum absolute atomic E-state index is 0.374. The number of Topliss-reactive ketones (excluding diaryl/α,β-unsaturated/α-hetero) is 2. The average Bonchev–Trinajstić information content (AvgIpc) is 3.00. The molecule has 0 N–H and O–H groups in total. The van der Waals surface area contributed by atoms with Crippen molar-refractivity contribution in [3.8, 4) is 0 Å². The molecule has 138 valence electrons. The molecule has 3 aromatic rings. The van der Waals surface area contributed by atoms with Crippen LogP contribution in [0.3, 0.4) is 0 Å². The fourth-order valence-electron chi connectivity index (χ4n) is 3.52. The van der Waals surface area contributed by atoms with E-state index >= 15 is 0 Å². The number of benzene rings is 2. The molecule has 0 spiro atoms. The van der Waals surface area contributed by atoms with Crippen LogP contribution in [-0.4, -0.2) is 22.5 Å². The van der Waals surface area contributed by atoms with Crippen LogP contribution >= 0.6 is 11.6 Å². The van der Waals surface area contributed by atoms with Crippen molar-refractivity contribution in [3.05, 3.63) is 95.3 Å². The van der Waals surface area contributed by atoms with Crippen LogP contribution in [0.25, 0.3) is 0 Å². The lowest BCUT2D eigenvalue weighted by Crippen LogP contribution is -2.30. The van der Waals surface area contributed by atoms with Crippen LogP contribution in [0.2, 0.25) is 5.02 Å². The highest BCUT2D eigenvalue weighted by Crippen LogP contribution is 2.43. The van der Waals surface area contributed by atoms with Crippen molar-refractivity contribution in [2.45, 2.75) is 6.04 Å². The molecule has 5 nitrogen and oxygen atoms in total. The first-order valence-electron chi connectivity index (χ1n) is 8.70. The van der Waals surface area contributed by atoms with Gasteiger partial charge in [-0.25, -0.2) is 0 Å². The van der Waals surface area contributed by atoms with Crippen molar-refractivity contribution in [1.82, 2.24) is 4.98 Å². The topological polar surface area (TPSA) is 67.3 Å². The Morgan fingerprint density at radius 2 is 1.64 bits per heavy atom. The highest BCUT2D eigenvalue weighted by atomic mass is 35.5. The summed E-state index contributed by atoms with van der Waals surface area (Å²) in [5.41, 5.74) is 1.36. The summed E-state index contributed by atoms with van der Waals surface area (Å²) in [6, 6.07) is 17.9. The second-order valence-corrected chi connectivity index (χ2v) is 6.83. The maximum Gasteiger partial charge on any atom is 0.295 e. The third-order valence-corrected chi connectivity index (χ3v) is 5.14. The first-order chi connectivity index (χ1) is 13.6. The van der Waals surface area contributed by atoms with Crippen molar-refractivity contribution in [2.24, 2.45) is 5.92 Å². The van der Waals surface area contributed by atoms with Gasteiger partial charge in [0.05, 0.1) is 17.9 Å². The maximum absolute atomic E-state index is 13.2. The zero-order valence-electron chi connectivity index (χ0n) is 14.7. The number of nitrogens with zero attached hydrogens (tertiary/aromatic N) is 2. The van der Waals surface area contributed by atoms with Crippen molar-refractivity contribution < 1.29 is 14.4 Å². The van der Waals surface area contributed by atoms with E-state index in [2.05, 4.69) is 4.98 Å². The fourth-order valence-corrected chi connectivity index (χ4v) is 3.77. The van der Waals surface area contributed by atoms with Crippen molar-refractivity contribution in [2.75, 3.05) is 4.90 Å². The fraction of sp³-hybridized carbons (Fsp3) is 0.0909. The number of pyridine rings is 1. The van der Waals surface area contributed by atoms with Crippen LogP contribution in [0.1, 0.15) is 22.0 Å². The lowest BCUT2D eigenvalue weighted by Gasteiger charge is -2.27. The smallest absolute Gasteiger partial charge is 0.295 e. The van der Waals surface area contributed by atoms with Gasteiger partial charge < -0.3 is 0 Å². The third-order valence-electron chi connectivity index (χ3n) is 4.79. The molecule has 2 unspecified atom stereocenters. The van der Waals surface area contributed by atoms with E-state index in [1.165, 1.54) is 11.1 Å². The van der Waals surface area contributed by atoms with E-state index < -0.39 is 29.4 Å². The number of hydrogen-bond acceptors (Lipinski definition) is 4. The molecule has 4 rings (SSSR count). The van der Waals surface area contributed by atoms with Gasteiger partial charge in [0, 0.05) is 16.8 Å². The van der Waals surface area contributed by atoms with Gasteiger partial charge in [-0.15, -0.1) is 0 Å². The molecule has 0 aliphatic carbocycles. The summed E-state index contributed by atoms with van der Waals surface area (Å²) in [4.78, 5) is 44.4. The number of carbonyl (C=O) groups excluding carboxylic acids is 3. The molecule has 2 heterocycles. The molecule has 1 aliphatic heterocycles. The highest BCUT2D eigenvalue weighted by Gasteiger charge is 2.52. The molecular formula is C22H15ClN2O3. The quantitative estimate of drug-likeness (QED) is 0.385. The van der Waals surface area contributed by atoms with Crippen LogP contribution in [0.4, 0.5) is 5.69 Å². The lowest BCUT2D eigenvalue weighted by molar-refractivity contribution is -0.135. The zero-order valence-corrected chi connectivity index (χ0v) is 15.4. The molecule has 0 bridgehead atoms. The third kappa shape index (κ3) is 3.00. The molecule has 1 fully saturated rings. The number of anilines is 1. The van der Waals surface area contributed by atoms with E-state index in [9.17, 15) is 14.4 Å². The number of aromatic nitrogens is 1. The molecule has 28 heavy (non-hydrogen) atoms. The Morgan fingerprint density at radius 1 is 0.929 bits per heavy atom. The molecule has 6 heteroatoms. The molecule has 1 aromatic heterocycles. The van der Waals surface area contributed by atoms with Gasteiger partial charge in [0.2, 0.25) is 5.78 Å². The Morgan fingerprint density at radius 3 is 2.32 bits per heavy atom. The molecule has 0 saturated carbocycles. The van der Waals surface area contributed by atoms with Gasteiger partial charge >= 0.3 is 0 Å². The minimum Gasteiger partial charge on any atom is -0.295 e. The van der Waals surface area contributed by atoms with Crippen LogP contribution in [-0.2, 0) is 9.59 Å². The summed E-state index contributed by atoms with van der Waals surface area (Å²) in [6.07, 6.45) is 3.06. The van der Waals surface area contributed by atoms with Gasteiger partial charge in [0.25, 0.3) is 5.91 Å². The predicted molar refractivity (Wildman–Crippen MR) is 105 cm³/mol. The standard InChI is InChI=1S/C22H15ClN2O3/c23-17-11-5-4-10-16(17)19-18(20(26)14-7-2-1-3-8-14)21(27)22(28)25(19)15-9-6-12-24-13-15/h1-13,18-19H. The Bertz CT molecular complexity index is 1050. The Hall–Kier alpha value is -3.31. The molecule has 1 aliphatic rings. The van der Waals surface area contributed by atoms with Gasteiger partial charge in [-0.1, -0.05) is 60.1 Å². The van der Waals surface area contributed by atoms with E-state index in [4.69, 9.17) is 11.6 Å². The Balaban J connectivity index is 1.89. The van der Waals surface area contributed by atoms with Crippen molar-refractivity contribution in [1.29, 1.82) is 0 Å². The second kappa shape index (κ2) is 7.37. The zero-order chi connectivity index (χ0) is 19.7. The molecule has 1 saturated heterocycles. The summed E-state index contributed by atoms with van der Waals surface area (Å²) in [6.45, 7) is 0. The first-order valence-corrected chi connectivity index (χ1v) is 9.08. The number of rotatable bonds is 4. The van der Waals surface area contributed by atoms with Gasteiger partial charge in [-0.2, -0.15) is 0 Å². The van der Waals surface area contributed by atoms with Crippen LogP contribution < -0.4 is 4.90 Å². The minimum atomic E-state index is -1.19. The molecule has 1 amide bonds. The van der Waals surface area contributed by atoms with Gasteiger partial charge in [0.1, 0.15) is 5.92 Å². The number of carbonyl (C=O) groups is 3. The molecule has 0 radical (unpaired) electrons. The van der Waals surface area contributed by atoms with E-state index in [1.807, 2.05) is 0 Å². The molecule has 2 atom stereocenters. The SMILES string of the molecule is O=C1C(=O)N(c2cccnc2)C(c2ccccc2Cl)C1C(=O)c1ccccc1. The van der Waals surface area contributed by atoms with E-state index in [0.29, 0.717) is 21.8 Å². The van der Waals surface area contributed by atoms with Crippen LogP contribution in [0.5, 0.6) is 0 Å². The number of hydrogen-bond donors (Lipinski definition) is 0. The number of ketones is 2. The summed E-state index contributed by atoms with van der Waals surface area (Å²) in [7, 11) is 0. The predicted octanol–water partition coefficient (Wildman–Crippen LogP) is 3.89. The van der Waals surface area contributed by atoms with Crippen LogP contribution in [0.15, 0.2) is 79.1 Å². The highest BCUT2D eigenvalue weighted by molar-refractivity contribution is 6.49. The number of halogens is 1. The van der Waals surface area contributed by atoms with Crippen molar-refractivity contribution in [3.63, 3.8) is 0 Å². The summed E-state index contributed by atoms with van der Waals surface area (Å²) in [5, 5.41) is 0.384. The van der Waals surface area contributed by atoms with E-state index in [0.717, 1.165) is 0 Å². The maximum atomic E-state index is 13.2. The normalized spacial score (nSPS) is 19.1. The lowest BCUT2D eigenvalue weighted by atomic mass is 9.86. The monoisotopic (exact) mass is 390 g/mol. The Kier molecular flexibility index (Phi) is 4.75. The average molecular weight is 391 g/mol. The van der Waals surface area contributed by atoms with E-state index in [-0.39, 0.29) is 0 Å². The first kappa shape index (κ1) is 18.1. The largest absolute Gasteiger partial charge is 0.295 e. The number of amides is 1. The molecular weight excluding hydrogens is 376 g/mol. The van der Waals surface area contributed by atoms with Gasteiger partial charge in [0.15, 0.2) is 5.78 Å². The molecule has 2 aromatic carbocycles. The van der Waals surface area contributed by atoms with Crippen LogP contribution in [0, 0.1) is 5.92 Å². The Labute approximate surface area is 166 Å². The summed E-state index contributed by atoms with van der Waals surface area (Å²) < 4.78 is 0. The van der Waals surface area contributed by atoms with Gasteiger partial charge in [-0.05, 0) is 23.8 Å². The summed E-state index contributed by atoms with van der Waals surface area (Å²) in [5.74, 6) is -3.08.